The van der Waals surface area contributed by atoms with Crippen LogP contribution < -0.4 is 15.4 Å². The maximum Gasteiger partial charge on any atom is 0.408 e. The second kappa shape index (κ2) is 8.21. The van der Waals surface area contributed by atoms with E-state index in [2.05, 4.69) is 4.98 Å². The Bertz CT molecular complexity index is 811. The molecule has 1 unspecified atom stereocenters. The first-order valence-corrected chi connectivity index (χ1v) is 9.57. The van der Waals surface area contributed by atoms with Crippen LogP contribution in [0.3, 0.4) is 0 Å². The molecule has 3 heterocycles. The molecule has 0 aromatic carbocycles. The van der Waals surface area contributed by atoms with E-state index in [4.69, 9.17) is 9.47 Å². The summed E-state index contributed by atoms with van der Waals surface area (Å²) in [4.78, 5) is 31.8. The van der Waals surface area contributed by atoms with E-state index in [0.717, 1.165) is 4.90 Å². The van der Waals surface area contributed by atoms with Crippen LogP contribution in [0.2, 0.25) is 0 Å². The normalized spacial score (nSPS) is 22.6. The number of carbonyl (C=O) groups excluding carboxylic acids is 1. The molecule has 162 valence electrons. The Hall–Kier alpha value is -2.30. The molecule has 29 heavy (non-hydrogen) atoms. The summed E-state index contributed by atoms with van der Waals surface area (Å²) in [7, 11) is 0. The van der Waals surface area contributed by atoms with Gasteiger partial charge < -0.3 is 19.3 Å². The number of hydrogen-bond donors (Lipinski definition) is 0. The molecule has 0 saturated carbocycles. The number of nitrogens with zero attached hydrogens (tertiary/aromatic N) is 4. The number of carbonyl (C=O) groups is 1. The molecule has 0 amide bonds. The first-order chi connectivity index (χ1) is 13.6. The second-order valence-electron chi connectivity index (χ2n) is 7.53. The lowest BCUT2D eigenvalue weighted by molar-refractivity contribution is -0.156. The number of morpholine rings is 1. The van der Waals surface area contributed by atoms with Gasteiger partial charge in [0.2, 0.25) is 5.95 Å². The van der Waals surface area contributed by atoms with Crippen molar-refractivity contribution < 1.29 is 27.4 Å². The Morgan fingerprint density at radius 2 is 2.10 bits per heavy atom. The summed E-state index contributed by atoms with van der Waals surface area (Å²) < 4.78 is 52.6. The average molecular weight is 418 g/mol. The molecule has 2 atom stereocenters. The number of alkyl halides is 3. The number of fused-ring (bicyclic) bond motifs is 1. The van der Waals surface area contributed by atoms with E-state index in [1.165, 1.54) is 10.6 Å². The topological polar surface area (TPSA) is 76.9 Å². The van der Waals surface area contributed by atoms with Crippen molar-refractivity contribution in [2.24, 2.45) is 0 Å². The molecule has 0 N–H and O–H groups in total. The maximum absolute atomic E-state index is 13.7. The van der Waals surface area contributed by atoms with E-state index >= 15 is 0 Å². The molecule has 3 rings (SSSR count). The van der Waals surface area contributed by atoms with Crippen LogP contribution in [0.1, 0.15) is 27.2 Å². The summed E-state index contributed by atoms with van der Waals surface area (Å²) in [6.45, 7) is 5.67. The van der Waals surface area contributed by atoms with Gasteiger partial charge in [-0.3, -0.25) is 14.2 Å². The van der Waals surface area contributed by atoms with Crippen LogP contribution in [0.25, 0.3) is 0 Å². The fourth-order valence-electron chi connectivity index (χ4n) is 3.63. The van der Waals surface area contributed by atoms with Gasteiger partial charge in [-0.25, -0.2) is 0 Å². The lowest BCUT2D eigenvalue weighted by Crippen LogP contribution is -2.54. The highest BCUT2D eigenvalue weighted by Gasteiger charge is 2.47. The van der Waals surface area contributed by atoms with Crippen LogP contribution in [0.15, 0.2) is 10.9 Å². The van der Waals surface area contributed by atoms with Crippen LogP contribution in [0.5, 0.6) is 0 Å². The third-order valence-electron chi connectivity index (χ3n) is 4.94. The Kier molecular flexibility index (Phi) is 6.06. The summed E-state index contributed by atoms with van der Waals surface area (Å²) in [6.07, 6.45) is -5.39. The van der Waals surface area contributed by atoms with E-state index in [1.54, 1.807) is 13.8 Å². The Morgan fingerprint density at radius 1 is 1.38 bits per heavy atom. The van der Waals surface area contributed by atoms with Gasteiger partial charge in [0.15, 0.2) is 0 Å². The number of anilines is 2. The summed E-state index contributed by atoms with van der Waals surface area (Å²) >= 11 is 0. The molecule has 2 aliphatic rings. The minimum atomic E-state index is -4.58. The number of esters is 1. The number of halogens is 3. The number of rotatable bonds is 4. The van der Waals surface area contributed by atoms with Gasteiger partial charge in [0.1, 0.15) is 18.4 Å². The van der Waals surface area contributed by atoms with Crippen LogP contribution in [0.4, 0.5) is 24.9 Å². The largest absolute Gasteiger partial charge is 0.462 e. The lowest BCUT2D eigenvalue weighted by atomic mass is 10.1. The molecular formula is C18H25F3N4O4. The predicted molar refractivity (Wildman–Crippen MR) is 99.2 cm³/mol. The van der Waals surface area contributed by atoms with Gasteiger partial charge in [-0.15, -0.1) is 0 Å². The summed E-state index contributed by atoms with van der Waals surface area (Å²) in [5.74, 6) is -0.690. The SMILES string of the molecule is CC(C)OC(=O)CN1c2nc(N3CCOC[C@H]3C)cc(=O)n2CCC1C(F)(F)F. The zero-order valence-corrected chi connectivity index (χ0v) is 16.6. The predicted octanol–water partition coefficient (Wildman–Crippen LogP) is 1.56. The highest BCUT2D eigenvalue weighted by atomic mass is 19.4. The Balaban J connectivity index is 2.02. The molecule has 2 aliphatic heterocycles. The molecule has 0 bridgehead atoms. The van der Waals surface area contributed by atoms with E-state index in [9.17, 15) is 22.8 Å². The molecule has 1 aromatic rings. The van der Waals surface area contributed by atoms with Crippen LogP contribution in [0, 0.1) is 0 Å². The first-order valence-electron chi connectivity index (χ1n) is 9.57. The molecule has 0 spiro atoms. The van der Waals surface area contributed by atoms with Gasteiger partial charge >= 0.3 is 12.1 Å². The van der Waals surface area contributed by atoms with Crippen molar-refractivity contribution in [3.05, 3.63) is 16.4 Å². The van der Waals surface area contributed by atoms with Crippen molar-refractivity contribution in [1.29, 1.82) is 0 Å². The maximum atomic E-state index is 13.7. The lowest BCUT2D eigenvalue weighted by Gasteiger charge is -2.40. The van der Waals surface area contributed by atoms with Gasteiger partial charge in [0, 0.05) is 19.2 Å². The molecular weight excluding hydrogens is 393 g/mol. The number of hydrogen-bond acceptors (Lipinski definition) is 7. The van der Waals surface area contributed by atoms with Crippen molar-refractivity contribution in [3.63, 3.8) is 0 Å². The molecule has 11 heteroatoms. The second-order valence-corrected chi connectivity index (χ2v) is 7.53. The van der Waals surface area contributed by atoms with Gasteiger partial charge in [-0.05, 0) is 27.2 Å². The van der Waals surface area contributed by atoms with E-state index in [-0.39, 0.29) is 30.8 Å². The van der Waals surface area contributed by atoms with Crippen molar-refractivity contribution in [1.82, 2.24) is 9.55 Å². The third kappa shape index (κ3) is 4.65. The molecule has 0 aliphatic carbocycles. The standard InChI is InChI=1S/C18H25F3N4O4/c1-11(2)29-16(27)9-25-13(18(19,20)21)4-5-24-15(26)8-14(22-17(24)25)23-6-7-28-10-12(23)3/h8,11-13H,4-7,9-10H2,1-3H3/t12-,13?/m1/s1. The van der Waals surface area contributed by atoms with Crippen molar-refractivity contribution in [3.8, 4) is 0 Å². The third-order valence-corrected chi connectivity index (χ3v) is 4.94. The van der Waals surface area contributed by atoms with Gasteiger partial charge in [0.05, 0.1) is 25.4 Å². The number of aromatic nitrogens is 2. The van der Waals surface area contributed by atoms with Crippen molar-refractivity contribution >= 4 is 17.7 Å². The summed E-state index contributed by atoms with van der Waals surface area (Å²) in [5, 5.41) is 0. The highest BCUT2D eigenvalue weighted by Crippen LogP contribution is 2.34. The zero-order chi connectivity index (χ0) is 21.3. The smallest absolute Gasteiger partial charge is 0.408 e. The Labute approximate surface area is 166 Å². The highest BCUT2D eigenvalue weighted by molar-refractivity contribution is 5.75. The van der Waals surface area contributed by atoms with E-state index < -0.39 is 36.4 Å². The fourth-order valence-corrected chi connectivity index (χ4v) is 3.63. The molecule has 1 saturated heterocycles. The Morgan fingerprint density at radius 3 is 2.72 bits per heavy atom. The van der Waals surface area contributed by atoms with Gasteiger partial charge in [-0.1, -0.05) is 0 Å². The zero-order valence-electron chi connectivity index (χ0n) is 16.6. The van der Waals surface area contributed by atoms with Crippen molar-refractivity contribution in [2.45, 2.75) is 58.1 Å². The average Bonchev–Trinajstić information content (AvgIpc) is 2.60. The van der Waals surface area contributed by atoms with Crippen LogP contribution >= 0.6 is 0 Å². The fraction of sp³-hybridized carbons (Fsp3) is 0.722. The molecule has 0 radical (unpaired) electrons. The summed E-state index contributed by atoms with van der Waals surface area (Å²) in [6, 6.07) is -0.685. The molecule has 1 fully saturated rings. The van der Waals surface area contributed by atoms with Crippen LogP contribution in [-0.2, 0) is 20.8 Å². The van der Waals surface area contributed by atoms with Gasteiger partial charge in [0.25, 0.3) is 5.56 Å². The minimum absolute atomic E-state index is 0.0833. The summed E-state index contributed by atoms with van der Waals surface area (Å²) in [5.41, 5.74) is -0.452. The molecule has 8 nitrogen and oxygen atoms in total. The van der Waals surface area contributed by atoms with E-state index in [1.807, 2.05) is 11.8 Å². The monoisotopic (exact) mass is 418 g/mol. The first kappa shape index (κ1) is 21.4. The minimum Gasteiger partial charge on any atom is -0.462 e. The molecule has 1 aromatic heterocycles. The number of ether oxygens (including phenoxy) is 2. The van der Waals surface area contributed by atoms with E-state index in [0.29, 0.717) is 19.8 Å². The quantitative estimate of drug-likeness (QED) is 0.687. The van der Waals surface area contributed by atoms with Crippen molar-refractivity contribution in [2.75, 3.05) is 36.1 Å². The van der Waals surface area contributed by atoms with Gasteiger partial charge in [-0.2, -0.15) is 18.2 Å². The van der Waals surface area contributed by atoms with Crippen LogP contribution in [-0.4, -0.2) is 66.2 Å².